The van der Waals surface area contributed by atoms with E-state index in [2.05, 4.69) is 25.1 Å². The zero-order chi connectivity index (χ0) is 17.0. The number of pyridine rings is 1. The van der Waals surface area contributed by atoms with Crippen LogP contribution in [0.5, 0.6) is 5.75 Å². The summed E-state index contributed by atoms with van der Waals surface area (Å²) in [5.74, 6) is 0.895. The van der Waals surface area contributed by atoms with E-state index in [1.54, 1.807) is 7.11 Å². The molecule has 0 unspecified atom stereocenters. The SMILES string of the molecule is CCCCCCCCCCCCc1ccc2cc(OC)ccc2n1. The highest BCUT2D eigenvalue weighted by atomic mass is 16.5. The highest BCUT2D eigenvalue weighted by Crippen LogP contribution is 2.20. The Labute approximate surface area is 147 Å². The number of nitrogens with zero attached hydrogens (tertiary/aromatic N) is 1. The summed E-state index contributed by atoms with van der Waals surface area (Å²) in [7, 11) is 1.70. The van der Waals surface area contributed by atoms with Crippen molar-refractivity contribution in [3.05, 3.63) is 36.0 Å². The van der Waals surface area contributed by atoms with E-state index in [0.29, 0.717) is 0 Å². The maximum absolute atomic E-state index is 5.26. The minimum Gasteiger partial charge on any atom is -0.497 e. The average molecular weight is 328 g/mol. The van der Waals surface area contributed by atoms with Gasteiger partial charge in [0.05, 0.1) is 12.6 Å². The molecular weight excluding hydrogens is 294 g/mol. The molecule has 0 aliphatic carbocycles. The number of fused-ring (bicyclic) bond motifs is 1. The van der Waals surface area contributed by atoms with Gasteiger partial charge in [-0.3, -0.25) is 4.98 Å². The molecule has 2 heteroatoms. The molecule has 2 rings (SSSR count). The second-order valence-corrected chi connectivity index (χ2v) is 6.79. The van der Waals surface area contributed by atoms with Gasteiger partial charge in [-0.2, -0.15) is 0 Å². The van der Waals surface area contributed by atoms with Crippen LogP contribution < -0.4 is 4.74 Å². The molecule has 132 valence electrons. The topological polar surface area (TPSA) is 22.1 Å². The molecule has 0 spiro atoms. The van der Waals surface area contributed by atoms with E-state index >= 15 is 0 Å². The third-order valence-electron chi connectivity index (χ3n) is 4.74. The fourth-order valence-corrected chi connectivity index (χ4v) is 3.21. The van der Waals surface area contributed by atoms with E-state index in [0.717, 1.165) is 23.1 Å². The molecule has 0 saturated carbocycles. The smallest absolute Gasteiger partial charge is 0.119 e. The first kappa shape index (κ1) is 18.8. The standard InChI is InChI=1S/C22H33NO/c1-3-4-5-6-7-8-9-10-11-12-13-20-15-14-19-18-21(24-2)16-17-22(19)23-20/h14-18H,3-13H2,1-2H3. The molecule has 0 atom stereocenters. The van der Waals surface area contributed by atoms with Crippen molar-refractivity contribution in [1.82, 2.24) is 4.98 Å². The average Bonchev–Trinajstić information content (AvgIpc) is 2.62. The number of unbranched alkanes of at least 4 members (excludes halogenated alkanes) is 9. The molecule has 24 heavy (non-hydrogen) atoms. The lowest BCUT2D eigenvalue weighted by Gasteiger charge is -2.05. The first-order valence-corrected chi connectivity index (χ1v) is 9.77. The van der Waals surface area contributed by atoms with Gasteiger partial charge in [0.1, 0.15) is 5.75 Å². The van der Waals surface area contributed by atoms with Crippen molar-refractivity contribution in [1.29, 1.82) is 0 Å². The summed E-state index contributed by atoms with van der Waals surface area (Å²) >= 11 is 0. The number of benzene rings is 1. The van der Waals surface area contributed by atoms with E-state index in [9.17, 15) is 0 Å². The maximum Gasteiger partial charge on any atom is 0.119 e. The molecular formula is C22H33NO. The summed E-state index contributed by atoms with van der Waals surface area (Å²) in [6, 6.07) is 10.4. The zero-order valence-corrected chi connectivity index (χ0v) is 15.5. The van der Waals surface area contributed by atoms with Gasteiger partial charge in [-0.15, -0.1) is 0 Å². The van der Waals surface area contributed by atoms with E-state index < -0.39 is 0 Å². The van der Waals surface area contributed by atoms with Crippen LogP contribution in [-0.2, 0) is 6.42 Å². The Morgan fingerprint density at radius 3 is 2.12 bits per heavy atom. The van der Waals surface area contributed by atoms with Crippen LogP contribution in [0.2, 0.25) is 0 Å². The summed E-state index contributed by atoms with van der Waals surface area (Å²) in [5.41, 5.74) is 2.28. The summed E-state index contributed by atoms with van der Waals surface area (Å²) in [6.07, 6.45) is 14.9. The van der Waals surface area contributed by atoms with Crippen LogP contribution in [0.3, 0.4) is 0 Å². The van der Waals surface area contributed by atoms with Crippen molar-refractivity contribution in [2.75, 3.05) is 7.11 Å². The molecule has 0 saturated heterocycles. The third kappa shape index (κ3) is 6.51. The van der Waals surface area contributed by atoms with Crippen molar-refractivity contribution < 1.29 is 4.74 Å². The summed E-state index contributed by atoms with van der Waals surface area (Å²) in [6.45, 7) is 2.28. The third-order valence-corrected chi connectivity index (χ3v) is 4.74. The minimum absolute atomic E-state index is 0.895. The van der Waals surface area contributed by atoms with Crippen LogP contribution in [0.15, 0.2) is 30.3 Å². The molecule has 2 nitrogen and oxygen atoms in total. The Kier molecular flexibility index (Phi) is 8.65. The number of rotatable bonds is 12. The number of aryl methyl sites for hydroxylation is 1. The fraction of sp³-hybridized carbons (Fsp3) is 0.591. The monoisotopic (exact) mass is 327 g/mol. The zero-order valence-electron chi connectivity index (χ0n) is 15.5. The number of aromatic nitrogens is 1. The molecule has 0 radical (unpaired) electrons. The second-order valence-electron chi connectivity index (χ2n) is 6.79. The Morgan fingerprint density at radius 2 is 1.46 bits per heavy atom. The molecule has 1 heterocycles. The molecule has 0 aliphatic heterocycles. The Morgan fingerprint density at radius 1 is 0.792 bits per heavy atom. The molecule has 1 aromatic carbocycles. The van der Waals surface area contributed by atoms with Crippen LogP contribution in [0.4, 0.5) is 0 Å². The van der Waals surface area contributed by atoms with Gasteiger partial charge in [0.2, 0.25) is 0 Å². The second kappa shape index (κ2) is 11.1. The molecule has 0 fully saturated rings. The van der Waals surface area contributed by atoms with E-state index in [1.165, 1.54) is 69.9 Å². The molecule has 0 N–H and O–H groups in total. The van der Waals surface area contributed by atoms with Crippen LogP contribution in [0.25, 0.3) is 10.9 Å². The largest absolute Gasteiger partial charge is 0.497 e. The predicted octanol–water partition coefficient (Wildman–Crippen LogP) is 6.71. The minimum atomic E-state index is 0.895. The van der Waals surface area contributed by atoms with Gasteiger partial charge in [-0.25, -0.2) is 0 Å². The predicted molar refractivity (Wildman–Crippen MR) is 104 cm³/mol. The van der Waals surface area contributed by atoms with Gasteiger partial charge in [0, 0.05) is 11.1 Å². The molecule has 0 aliphatic rings. The van der Waals surface area contributed by atoms with Gasteiger partial charge in [-0.05, 0) is 37.1 Å². The fourth-order valence-electron chi connectivity index (χ4n) is 3.21. The first-order valence-electron chi connectivity index (χ1n) is 9.77. The highest BCUT2D eigenvalue weighted by molar-refractivity contribution is 5.80. The first-order chi connectivity index (χ1) is 11.8. The van der Waals surface area contributed by atoms with E-state index in [-0.39, 0.29) is 0 Å². The molecule has 0 amide bonds. The van der Waals surface area contributed by atoms with Crippen molar-refractivity contribution in [2.45, 2.75) is 77.6 Å². The van der Waals surface area contributed by atoms with E-state index in [4.69, 9.17) is 9.72 Å². The normalized spacial score (nSPS) is 11.1. The van der Waals surface area contributed by atoms with Crippen LogP contribution in [0.1, 0.15) is 76.8 Å². The number of hydrogen-bond acceptors (Lipinski definition) is 2. The van der Waals surface area contributed by atoms with Gasteiger partial charge in [-0.1, -0.05) is 70.8 Å². The van der Waals surface area contributed by atoms with Crippen molar-refractivity contribution in [3.63, 3.8) is 0 Å². The lowest BCUT2D eigenvalue weighted by Crippen LogP contribution is -1.92. The van der Waals surface area contributed by atoms with Gasteiger partial charge < -0.3 is 4.74 Å². The lowest BCUT2D eigenvalue weighted by molar-refractivity contribution is 0.415. The number of hydrogen-bond donors (Lipinski definition) is 0. The number of ether oxygens (including phenoxy) is 1. The maximum atomic E-state index is 5.26. The van der Waals surface area contributed by atoms with Crippen molar-refractivity contribution in [2.24, 2.45) is 0 Å². The molecule has 0 bridgehead atoms. The Bertz CT molecular complexity index is 594. The molecule has 1 aromatic heterocycles. The Balaban J connectivity index is 1.61. The summed E-state index contributed by atoms with van der Waals surface area (Å²) in [4.78, 5) is 4.77. The quantitative estimate of drug-likeness (QED) is 0.404. The summed E-state index contributed by atoms with van der Waals surface area (Å²) in [5, 5.41) is 1.15. The van der Waals surface area contributed by atoms with Crippen LogP contribution in [0, 0.1) is 0 Å². The summed E-state index contributed by atoms with van der Waals surface area (Å²) < 4.78 is 5.26. The van der Waals surface area contributed by atoms with Gasteiger partial charge >= 0.3 is 0 Å². The Hall–Kier alpha value is -1.57. The van der Waals surface area contributed by atoms with Gasteiger partial charge in [0.25, 0.3) is 0 Å². The van der Waals surface area contributed by atoms with E-state index in [1.807, 2.05) is 12.1 Å². The van der Waals surface area contributed by atoms with Crippen LogP contribution in [-0.4, -0.2) is 12.1 Å². The van der Waals surface area contributed by atoms with Crippen molar-refractivity contribution >= 4 is 10.9 Å². The highest BCUT2D eigenvalue weighted by Gasteiger charge is 2.01. The van der Waals surface area contributed by atoms with Crippen LogP contribution >= 0.6 is 0 Å². The van der Waals surface area contributed by atoms with Crippen molar-refractivity contribution in [3.8, 4) is 5.75 Å². The number of methoxy groups -OCH3 is 1. The molecule has 2 aromatic rings. The van der Waals surface area contributed by atoms with Gasteiger partial charge in [0.15, 0.2) is 0 Å². The lowest BCUT2D eigenvalue weighted by atomic mass is 10.0.